The second-order valence-electron chi connectivity index (χ2n) is 4.48. The highest BCUT2D eigenvalue weighted by Crippen LogP contribution is 2.20. The van der Waals surface area contributed by atoms with Gasteiger partial charge in [-0.15, -0.1) is 0 Å². The zero-order valence-corrected chi connectivity index (χ0v) is 11.0. The maximum absolute atomic E-state index is 13.7. The van der Waals surface area contributed by atoms with Gasteiger partial charge in [0.25, 0.3) is 0 Å². The molecule has 102 valence electrons. The number of rotatable bonds is 5. The van der Waals surface area contributed by atoms with Crippen molar-refractivity contribution in [3.63, 3.8) is 0 Å². The molecule has 0 aliphatic carbocycles. The molecule has 0 fully saturated rings. The molecule has 19 heavy (non-hydrogen) atoms. The van der Waals surface area contributed by atoms with E-state index in [4.69, 9.17) is 0 Å². The highest BCUT2D eigenvalue weighted by atomic mass is 19.1. The average Bonchev–Trinajstić information content (AvgIpc) is 2.79. The summed E-state index contributed by atoms with van der Waals surface area (Å²) < 4.78 is 28.8. The van der Waals surface area contributed by atoms with Crippen molar-refractivity contribution in [1.29, 1.82) is 0 Å². The Morgan fingerprint density at radius 2 is 2.16 bits per heavy atom. The van der Waals surface area contributed by atoms with E-state index in [1.54, 1.807) is 12.5 Å². The predicted octanol–water partition coefficient (Wildman–Crippen LogP) is 2.59. The number of nitrogens with zero attached hydrogens (tertiary/aromatic N) is 2. The van der Waals surface area contributed by atoms with Crippen LogP contribution in [0.4, 0.5) is 8.78 Å². The number of hydrogen-bond donors (Lipinski definition) is 1. The van der Waals surface area contributed by atoms with Gasteiger partial charge in [-0.2, -0.15) is 0 Å². The Bertz CT molecular complexity index is 551. The van der Waals surface area contributed by atoms with Crippen molar-refractivity contribution in [2.75, 3.05) is 6.54 Å². The molecule has 0 saturated heterocycles. The average molecular weight is 265 g/mol. The van der Waals surface area contributed by atoms with Crippen molar-refractivity contribution >= 4 is 0 Å². The summed E-state index contributed by atoms with van der Waals surface area (Å²) in [6.45, 7) is 2.72. The Morgan fingerprint density at radius 3 is 2.79 bits per heavy atom. The van der Waals surface area contributed by atoms with Crippen LogP contribution < -0.4 is 5.32 Å². The monoisotopic (exact) mass is 265 g/mol. The Balaban J connectivity index is 2.26. The van der Waals surface area contributed by atoms with Gasteiger partial charge in [0.05, 0.1) is 18.1 Å². The summed E-state index contributed by atoms with van der Waals surface area (Å²) in [6, 6.07) is 3.45. The third-order valence-electron chi connectivity index (χ3n) is 3.09. The van der Waals surface area contributed by atoms with Gasteiger partial charge < -0.3 is 9.88 Å². The molecular formula is C14H17F2N3. The first-order valence-corrected chi connectivity index (χ1v) is 6.25. The van der Waals surface area contributed by atoms with E-state index in [-0.39, 0.29) is 11.9 Å². The van der Waals surface area contributed by atoms with E-state index < -0.39 is 5.82 Å². The predicted molar refractivity (Wildman–Crippen MR) is 69.7 cm³/mol. The fourth-order valence-corrected chi connectivity index (χ4v) is 2.15. The highest BCUT2D eigenvalue weighted by Gasteiger charge is 2.16. The van der Waals surface area contributed by atoms with Gasteiger partial charge in [0.15, 0.2) is 0 Å². The Kier molecular flexibility index (Phi) is 4.27. The second-order valence-corrected chi connectivity index (χ2v) is 4.48. The smallest absolute Gasteiger partial charge is 0.126 e. The minimum atomic E-state index is -0.420. The standard InChI is InChI=1S/C14H17F2N3/c1-3-18-13(14-8-17-9-19(14)2)7-10-6-11(15)4-5-12(10)16/h4-6,8-9,13,18H,3,7H2,1-2H3. The third kappa shape index (κ3) is 3.17. The fourth-order valence-electron chi connectivity index (χ4n) is 2.15. The van der Waals surface area contributed by atoms with E-state index in [2.05, 4.69) is 10.3 Å². The van der Waals surface area contributed by atoms with E-state index in [1.165, 1.54) is 6.07 Å². The second kappa shape index (κ2) is 5.93. The van der Waals surface area contributed by atoms with Gasteiger partial charge in [0.2, 0.25) is 0 Å². The number of halogens is 2. The van der Waals surface area contributed by atoms with Gasteiger partial charge in [0.1, 0.15) is 11.6 Å². The summed E-state index contributed by atoms with van der Waals surface area (Å²) in [4.78, 5) is 4.06. The normalized spacial score (nSPS) is 12.6. The summed E-state index contributed by atoms with van der Waals surface area (Å²) in [5.74, 6) is -0.803. The van der Waals surface area contributed by atoms with Crippen LogP contribution in [0.2, 0.25) is 0 Å². The van der Waals surface area contributed by atoms with Crippen LogP contribution in [-0.2, 0) is 13.5 Å². The van der Waals surface area contributed by atoms with Crippen LogP contribution in [0.1, 0.15) is 24.2 Å². The lowest BCUT2D eigenvalue weighted by Gasteiger charge is -2.18. The quantitative estimate of drug-likeness (QED) is 0.900. The lowest BCUT2D eigenvalue weighted by Crippen LogP contribution is -2.25. The van der Waals surface area contributed by atoms with E-state index in [0.717, 1.165) is 24.4 Å². The fraction of sp³-hybridized carbons (Fsp3) is 0.357. The van der Waals surface area contributed by atoms with E-state index in [1.807, 2.05) is 18.5 Å². The van der Waals surface area contributed by atoms with E-state index in [0.29, 0.717) is 12.0 Å². The minimum Gasteiger partial charge on any atom is -0.336 e. The molecule has 1 unspecified atom stereocenters. The largest absolute Gasteiger partial charge is 0.336 e. The zero-order chi connectivity index (χ0) is 13.8. The SMILES string of the molecule is CCNC(Cc1cc(F)ccc1F)c1cncn1C. The van der Waals surface area contributed by atoms with Crippen molar-refractivity contribution in [2.45, 2.75) is 19.4 Å². The molecule has 1 N–H and O–H groups in total. The van der Waals surface area contributed by atoms with Crippen LogP contribution in [0.5, 0.6) is 0 Å². The maximum Gasteiger partial charge on any atom is 0.126 e. The Morgan fingerprint density at radius 1 is 1.37 bits per heavy atom. The number of nitrogens with one attached hydrogen (secondary N) is 1. The molecule has 2 aromatic rings. The summed E-state index contributed by atoms with van der Waals surface area (Å²) in [5.41, 5.74) is 1.32. The number of benzene rings is 1. The van der Waals surface area contributed by atoms with Crippen LogP contribution in [0, 0.1) is 11.6 Å². The molecule has 1 aromatic heterocycles. The molecule has 0 spiro atoms. The van der Waals surface area contributed by atoms with Crippen LogP contribution >= 0.6 is 0 Å². The molecule has 1 heterocycles. The molecular weight excluding hydrogens is 248 g/mol. The summed E-state index contributed by atoms with van der Waals surface area (Å²) in [7, 11) is 1.88. The molecule has 0 radical (unpaired) electrons. The van der Waals surface area contributed by atoms with Crippen molar-refractivity contribution in [3.05, 3.63) is 53.6 Å². The van der Waals surface area contributed by atoms with Gasteiger partial charge in [-0.1, -0.05) is 6.92 Å². The van der Waals surface area contributed by atoms with Crippen molar-refractivity contribution in [3.8, 4) is 0 Å². The van der Waals surface area contributed by atoms with Crippen LogP contribution in [0.15, 0.2) is 30.7 Å². The highest BCUT2D eigenvalue weighted by molar-refractivity contribution is 5.22. The van der Waals surface area contributed by atoms with Gasteiger partial charge >= 0.3 is 0 Å². The molecule has 1 atom stereocenters. The van der Waals surface area contributed by atoms with Gasteiger partial charge in [-0.3, -0.25) is 0 Å². The summed E-state index contributed by atoms with van der Waals surface area (Å²) in [6.07, 6.45) is 3.82. The zero-order valence-electron chi connectivity index (χ0n) is 11.0. The lowest BCUT2D eigenvalue weighted by molar-refractivity contribution is 0.501. The molecule has 5 heteroatoms. The number of aryl methyl sites for hydroxylation is 1. The first-order valence-electron chi connectivity index (χ1n) is 6.25. The van der Waals surface area contributed by atoms with Crippen molar-refractivity contribution in [2.24, 2.45) is 7.05 Å². The van der Waals surface area contributed by atoms with Crippen molar-refractivity contribution < 1.29 is 8.78 Å². The first-order chi connectivity index (χ1) is 9.11. The van der Waals surface area contributed by atoms with E-state index >= 15 is 0 Å². The van der Waals surface area contributed by atoms with Crippen LogP contribution in [-0.4, -0.2) is 16.1 Å². The van der Waals surface area contributed by atoms with Gasteiger partial charge in [-0.25, -0.2) is 13.8 Å². The lowest BCUT2D eigenvalue weighted by atomic mass is 10.0. The topological polar surface area (TPSA) is 29.9 Å². The molecule has 0 aliphatic rings. The number of imidazole rings is 1. The number of likely N-dealkylation sites (N-methyl/N-ethyl adjacent to an activating group) is 1. The minimum absolute atomic E-state index is 0.0891. The molecule has 0 amide bonds. The summed E-state index contributed by atoms with van der Waals surface area (Å²) in [5, 5.41) is 3.27. The maximum atomic E-state index is 13.7. The van der Waals surface area contributed by atoms with E-state index in [9.17, 15) is 8.78 Å². The number of aromatic nitrogens is 2. The molecule has 2 rings (SSSR count). The van der Waals surface area contributed by atoms with Crippen molar-refractivity contribution in [1.82, 2.24) is 14.9 Å². The summed E-state index contributed by atoms with van der Waals surface area (Å²) >= 11 is 0. The Hall–Kier alpha value is -1.75. The molecule has 3 nitrogen and oxygen atoms in total. The molecule has 0 bridgehead atoms. The Labute approximate surface area is 111 Å². The molecule has 1 aromatic carbocycles. The molecule has 0 saturated carbocycles. The van der Waals surface area contributed by atoms with Gasteiger partial charge in [0, 0.05) is 13.2 Å². The molecule has 0 aliphatic heterocycles. The van der Waals surface area contributed by atoms with Gasteiger partial charge in [-0.05, 0) is 36.7 Å². The number of hydrogen-bond acceptors (Lipinski definition) is 2. The first kappa shape index (κ1) is 13.7. The van der Waals surface area contributed by atoms with Crippen LogP contribution in [0.25, 0.3) is 0 Å². The van der Waals surface area contributed by atoms with Crippen LogP contribution in [0.3, 0.4) is 0 Å². The third-order valence-corrected chi connectivity index (χ3v) is 3.09.